The summed E-state index contributed by atoms with van der Waals surface area (Å²) in [5, 5.41) is 5.69. The first-order valence-corrected chi connectivity index (χ1v) is 10.7. The molecule has 0 aliphatic carbocycles. The zero-order valence-corrected chi connectivity index (χ0v) is 20.0. The summed E-state index contributed by atoms with van der Waals surface area (Å²) in [4.78, 5) is 36.1. The van der Waals surface area contributed by atoms with Crippen molar-refractivity contribution < 1.29 is 14.4 Å². The molecule has 0 atom stereocenters. The van der Waals surface area contributed by atoms with Crippen molar-refractivity contribution >= 4 is 74.9 Å². The normalized spacial score (nSPS) is 10.1. The van der Waals surface area contributed by atoms with E-state index in [0.717, 1.165) is 14.7 Å². The van der Waals surface area contributed by atoms with Crippen LogP contribution in [-0.2, 0) is 9.59 Å². The number of amides is 3. The van der Waals surface area contributed by atoms with Crippen LogP contribution < -0.4 is 21.5 Å². The highest BCUT2D eigenvalue weighted by atomic mass is 127. The third kappa shape index (κ3) is 7.22. The molecule has 10 heteroatoms. The number of anilines is 1. The van der Waals surface area contributed by atoms with Crippen molar-refractivity contribution in [1.29, 1.82) is 0 Å². The van der Waals surface area contributed by atoms with Crippen molar-refractivity contribution in [3.05, 3.63) is 61.7 Å². The van der Waals surface area contributed by atoms with Gasteiger partial charge in [0.15, 0.2) is 5.11 Å². The fourth-order valence-corrected chi connectivity index (χ4v) is 3.15. The van der Waals surface area contributed by atoms with Gasteiger partial charge in [-0.15, -0.1) is 0 Å². The summed E-state index contributed by atoms with van der Waals surface area (Å²) in [7, 11) is 0. The van der Waals surface area contributed by atoms with Crippen LogP contribution in [0.25, 0.3) is 0 Å². The lowest BCUT2D eigenvalue weighted by Gasteiger charge is -2.12. The van der Waals surface area contributed by atoms with Crippen LogP contribution in [0.4, 0.5) is 5.69 Å². The van der Waals surface area contributed by atoms with E-state index in [1.54, 1.807) is 37.3 Å². The second-order valence-electron chi connectivity index (χ2n) is 6.38. The van der Waals surface area contributed by atoms with E-state index in [0.29, 0.717) is 16.3 Å². The predicted octanol–water partition coefficient (Wildman–Crippen LogP) is 3.62. The fraction of sp³-hybridized carbons (Fsp3) is 0.200. The molecule has 0 fully saturated rings. The van der Waals surface area contributed by atoms with Gasteiger partial charge in [0.05, 0.1) is 0 Å². The summed E-state index contributed by atoms with van der Waals surface area (Å²) in [5.41, 5.74) is 7.67. The van der Waals surface area contributed by atoms with Crippen molar-refractivity contribution in [3.8, 4) is 0 Å². The number of aryl methyl sites for hydroxylation is 1. The lowest BCUT2D eigenvalue weighted by atomic mass is 10.1. The summed E-state index contributed by atoms with van der Waals surface area (Å²) in [6.07, 6.45) is -0.0917. The quantitative estimate of drug-likeness (QED) is 0.255. The van der Waals surface area contributed by atoms with Crippen LogP contribution in [0.3, 0.4) is 0 Å². The van der Waals surface area contributed by atoms with Crippen molar-refractivity contribution in [2.75, 3.05) is 5.32 Å². The van der Waals surface area contributed by atoms with Crippen LogP contribution in [-0.4, -0.2) is 22.8 Å². The number of hydrogen-bond donors (Lipinski definition) is 4. The van der Waals surface area contributed by atoms with Gasteiger partial charge < -0.3 is 5.32 Å². The number of halogens is 2. The molecule has 0 saturated heterocycles. The summed E-state index contributed by atoms with van der Waals surface area (Å²) in [5.74, 6) is -1.16. The Bertz CT molecular complexity index is 1000. The standard InChI is InChI=1S/C20H20ClIN4O3S/c1-11-6-7-13(10-15(11)22)19(29)24-20(30)26-25-18(28)9-8-17(27)23-16-5-3-4-14(21)12(16)2/h3-7,10H,8-9H2,1-2H3,(H,23,27)(H,25,28)(H2,24,26,29,30). The van der Waals surface area contributed by atoms with Crippen LogP contribution >= 0.6 is 46.4 Å². The van der Waals surface area contributed by atoms with Crippen molar-refractivity contribution in [2.45, 2.75) is 26.7 Å². The maximum atomic E-state index is 12.2. The van der Waals surface area contributed by atoms with Crippen LogP contribution in [0.15, 0.2) is 36.4 Å². The average molecular weight is 559 g/mol. The molecule has 0 aromatic heterocycles. The molecule has 0 radical (unpaired) electrons. The first-order valence-electron chi connectivity index (χ1n) is 8.88. The predicted molar refractivity (Wildman–Crippen MR) is 129 cm³/mol. The van der Waals surface area contributed by atoms with Crippen LogP contribution in [0, 0.1) is 17.4 Å². The van der Waals surface area contributed by atoms with E-state index in [1.807, 2.05) is 13.0 Å². The summed E-state index contributed by atoms with van der Waals surface area (Å²) < 4.78 is 0.957. The van der Waals surface area contributed by atoms with E-state index in [1.165, 1.54) is 0 Å². The molecule has 2 aromatic rings. The SMILES string of the molecule is Cc1ccc(C(=O)NC(=S)NNC(=O)CCC(=O)Nc2cccc(Cl)c2C)cc1I. The molecule has 0 heterocycles. The van der Waals surface area contributed by atoms with Gasteiger partial charge in [-0.25, -0.2) is 0 Å². The van der Waals surface area contributed by atoms with E-state index in [4.69, 9.17) is 23.8 Å². The number of nitrogens with one attached hydrogen (secondary N) is 4. The van der Waals surface area contributed by atoms with Gasteiger partial charge in [0, 0.05) is 32.7 Å². The van der Waals surface area contributed by atoms with Gasteiger partial charge in [-0.2, -0.15) is 0 Å². The molecule has 2 rings (SSSR count). The Kier molecular flexibility index (Phi) is 9.00. The Morgan fingerprint density at radius 2 is 1.73 bits per heavy atom. The molecule has 3 amide bonds. The Morgan fingerprint density at radius 3 is 2.43 bits per heavy atom. The molecular formula is C20H20ClIN4O3S. The highest BCUT2D eigenvalue weighted by molar-refractivity contribution is 14.1. The molecule has 0 bridgehead atoms. The number of thiocarbonyl (C=S) groups is 1. The number of rotatable bonds is 5. The van der Waals surface area contributed by atoms with E-state index < -0.39 is 11.8 Å². The third-order valence-electron chi connectivity index (χ3n) is 4.10. The maximum Gasteiger partial charge on any atom is 0.257 e. The van der Waals surface area contributed by atoms with Crippen LogP contribution in [0.5, 0.6) is 0 Å². The van der Waals surface area contributed by atoms with Gasteiger partial charge >= 0.3 is 0 Å². The number of carbonyl (C=O) groups is 3. The monoisotopic (exact) mass is 558 g/mol. The van der Waals surface area contributed by atoms with Gasteiger partial charge in [-0.05, 0) is 84.0 Å². The van der Waals surface area contributed by atoms with E-state index >= 15 is 0 Å². The van der Waals surface area contributed by atoms with E-state index in [-0.39, 0.29) is 23.9 Å². The molecule has 158 valence electrons. The number of benzene rings is 2. The van der Waals surface area contributed by atoms with Crippen molar-refractivity contribution in [1.82, 2.24) is 16.2 Å². The Morgan fingerprint density at radius 1 is 1.03 bits per heavy atom. The van der Waals surface area contributed by atoms with Crippen molar-refractivity contribution in [2.24, 2.45) is 0 Å². The van der Waals surface area contributed by atoms with Gasteiger partial charge in [-0.1, -0.05) is 23.7 Å². The van der Waals surface area contributed by atoms with Crippen LogP contribution in [0.1, 0.15) is 34.3 Å². The largest absolute Gasteiger partial charge is 0.326 e. The topological polar surface area (TPSA) is 99.3 Å². The molecule has 0 unspecified atom stereocenters. The third-order valence-corrected chi connectivity index (χ3v) is 5.87. The average Bonchev–Trinajstić information content (AvgIpc) is 2.70. The fourth-order valence-electron chi connectivity index (χ4n) is 2.31. The number of hydrogen-bond acceptors (Lipinski definition) is 4. The van der Waals surface area contributed by atoms with Gasteiger partial charge in [0.25, 0.3) is 5.91 Å². The minimum absolute atomic E-state index is 0.0274. The molecule has 2 aromatic carbocycles. The Hall–Kier alpha value is -2.24. The van der Waals surface area contributed by atoms with Gasteiger partial charge in [-0.3, -0.25) is 30.6 Å². The molecular weight excluding hydrogens is 539 g/mol. The molecule has 4 N–H and O–H groups in total. The first-order chi connectivity index (χ1) is 14.2. The smallest absolute Gasteiger partial charge is 0.257 e. The highest BCUT2D eigenvalue weighted by Gasteiger charge is 2.12. The molecule has 30 heavy (non-hydrogen) atoms. The molecule has 0 saturated carbocycles. The minimum atomic E-state index is -0.450. The van der Waals surface area contributed by atoms with Crippen LogP contribution in [0.2, 0.25) is 5.02 Å². The zero-order chi connectivity index (χ0) is 22.3. The van der Waals surface area contributed by atoms with E-state index in [2.05, 4.69) is 44.1 Å². The van der Waals surface area contributed by atoms with Crippen molar-refractivity contribution in [3.63, 3.8) is 0 Å². The Balaban J connectivity index is 1.73. The summed E-state index contributed by atoms with van der Waals surface area (Å²) in [6.45, 7) is 3.74. The Labute approximate surface area is 198 Å². The van der Waals surface area contributed by atoms with Gasteiger partial charge in [0.2, 0.25) is 11.8 Å². The van der Waals surface area contributed by atoms with E-state index in [9.17, 15) is 14.4 Å². The summed E-state index contributed by atoms with van der Waals surface area (Å²) >= 11 is 13.2. The lowest BCUT2D eigenvalue weighted by Crippen LogP contribution is -2.48. The second-order valence-corrected chi connectivity index (χ2v) is 8.36. The molecule has 0 aliphatic heterocycles. The molecule has 7 nitrogen and oxygen atoms in total. The molecule has 0 spiro atoms. The zero-order valence-electron chi connectivity index (χ0n) is 16.3. The lowest BCUT2D eigenvalue weighted by molar-refractivity contribution is -0.124. The van der Waals surface area contributed by atoms with Gasteiger partial charge in [0.1, 0.15) is 0 Å². The second kappa shape index (κ2) is 11.2. The highest BCUT2D eigenvalue weighted by Crippen LogP contribution is 2.23. The maximum absolute atomic E-state index is 12.2. The number of hydrazine groups is 1. The minimum Gasteiger partial charge on any atom is -0.326 e. The molecule has 0 aliphatic rings. The first kappa shape index (κ1) is 24.0. The summed E-state index contributed by atoms with van der Waals surface area (Å²) in [6, 6.07) is 10.5. The number of carbonyl (C=O) groups excluding carboxylic acids is 3.